The fourth-order valence-electron chi connectivity index (χ4n) is 2.37. The Bertz CT molecular complexity index is 259. The number of carbonyl (C=O) groups excluding carboxylic acids is 1. The van der Waals surface area contributed by atoms with Gasteiger partial charge in [-0.25, -0.2) is 4.79 Å². The van der Waals surface area contributed by atoms with E-state index in [9.17, 15) is 4.79 Å². The topological polar surface area (TPSA) is 41.6 Å². The lowest BCUT2D eigenvalue weighted by Gasteiger charge is -2.35. The molecule has 0 bridgehead atoms. The second-order valence-electron chi connectivity index (χ2n) is 4.09. The van der Waals surface area contributed by atoms with Crippen LogP contribution < -0.4 is 5.32 Å². The highest BCUT2D eigenvalue weighted by atomic mass is 16.5. The Morgan fingerprint density at radius 2 is 2.20 bits per heavy atom. The smallest absolute Gasteiger partial charge is 0.328 e. The molecule has 2 aliphatic heterocycles. The molecule has 1 saturated heterocycles. The van der Waals surface area contributed by atoms with Gasteiger partial charge in [-0.3, -0.25) is 0 Å². The quantitative estimate of drug-likeness (QED) is 0.674. The Kier molecular flexibility index (Phi) is 3.26. The van der Waals surface area contributed by atoms with E-state index in [2.05, 4.69) is 22.5 Å². The third-order valence-electron chi connectivity index (χ3n) is 3.20. The number of esters is 1. The summed E-state index contributed by atoms with van der Waals surface area (Å²) in [5.74, 6) is -0.112. The molecule has 84 valence electrons. The molecule has 2 heterocycles. The Balaban J connectivity index is 1.99. The van der Waals surface area contributed by atoms with Gasteiger partial charge in [0, 0.05) is 6.04 Å². The molecule has 0 aliphatic carbocycles. The molecule has 2 rings (SSSR count). The zero-order chi connectivity index (χ0) is 10.7. The van der Waals surface area contributed by atoms with Gasteiger partial charge in [-0.15, -0.1) is 0 Å². The second-order valence-corrected chi connectivity index (χ2v) is 4.09. The van der Waals surface area contributed by atoms with Gasteiger partial charge >= 0.3 is 5.97 Å². The van der Waals surface area contributed by atoms with Gasteiger partial charge in [-0.2, -0.15) is 0 Å². The molecule has 0 aromatic heterocycles. The summed E-state index contributed by atoms with van der Waals surface area (Å²) in [5, 5.41) is 3.33. The van der Waals surface area contributed by atoms with Gasteiger partial charge in [0.15, 0.2) is 0 Å². The fraction of sp³-hybridized carbons (Fsp3) is 0.727. The molecule has 0 aromatic rings. The monoisotopic (exact) mass is 210 g/mol. The van der Waals surface area contributed by atoms with E-state index in [1.165, 1.54) is 7.11 Å². The van der Waals surface area contributed by atoms with E-state index >= 15 is 0 Å². The fourth-order valence-corrected chi connectivity index (χ4v) is 2.37. The molecule has 0 amide bonds. The lowest BCUT2D eigenvalue weighted by molar-refractivity contribution is -0.146. The molecule has 0 radical (unpaired) electrons. The van der Waals surface area contributed by atoms with Crippen LogP contribution in [0.3, 0.4) is 0 Å². The zero-order valence-electron chi connectivity index (χ0n) is 9.11. The van der Waals surface area contributed by atoms with Crippen LogP contribution in [-0.4, -0.2) is 43.2 Å². The van der Waals surface area contributed by atoms with Crippen LogP contribution in [0.4, 0.5) is 0 Å². The van der Waals surface area contributed by atoms with Gasteiger partial charge < -0.3 is 15.0 Å². The SMILES string of the molecule is COC(=O)C1CC=CN1C1CCNCC1. The van der Waals surface area contributed by atoms with E-state index in [0.717, 1.165) is 32.4 Å². The average Bonchev–Trinajstić information content (AvgIpc) is 2.78. The van der Waals surface area contributed by atoms with Crippen LogP contribution in [0, 0.1) is 0 Å². The Labute approximate surface area is 90.3 Å². The van der Waals surface area contributed by atoms with Crippen LogP contribution in [0.1, 0.15) is 19.3 Å². The van der Waals surface area contributed by atoms with E-state index in [-0.39, 0.29) is 12.0 Å². The second kappa shape index (κ2) is 4.66. The first-order valence-corrected chi connectivity index (χ1v) is 5.55. The maximum absolute atomic E-state index is 11.5. The lowest BCUT2D eigenvalue weighted by atomic mass is 10.0. The van der Waals surface area contributed by atoms with Crippen molar-refractivity contribution in [2.45, 2.75) is 31.3 Å². The predicted molar refractivity (Wildman–Crippen MR) is 57.3 cm³/mol. The van der Waals surface area contributed by atoms with Gasteiger partial charge in [0.1, 0.15) is 6.04 Å². The predicted octanol–water partition coefficient (Wildman–Crippen LogP) is 0.499. The first kappa shape index (κ1) is 10.5. The first-order chi connectivity index (χ1) is 7.33. The van der Waals surface area contributed by atoms with Crippen molar-refractivity contribution in [3.8, 4) is 0 Å². The number of piperidine rings is 1. The summed E-state index contributed by atoms with van der Waals surface area (Å²) in [7, 11) is 1.46. The molecular weight excluding hydrogens is 192 g/mol. The lowest BCUT2D eigenvalue weighted by Crippen LogP contribution is -2.46. The molecule has 0 aromatic carbocycles. The summed E-state index contributed by atoms with van der Waals surface area (Å²) in [6.45, 7) is 2.09. The Morgan fingerprint density at radius 1 is 1.47 bits per heavy atom. The molecule has 4 heteroatoms. The molecule has 1 N–H and O–H groups in total. The van der Waals surface area contributed by atoms with Crippen molar-refractivity contribution in [1.82, 2.24) is 10.2 Å². The molecule has 1 fully saturated rings. The van der Waals surface area contributed by atoms with Crippen molar-refractivity contribution in [1.29, 1.82) is 0 Å². The largest absolute Gasteiger partial charge is 0.467 e. The molecule has 4 nitrogen and oxygen atoms in total. The first-order valence-electron chi connectivity index (χ1n) is 5.55. The number of methoxy groups -OCH3 is 1. The minimum Gasteiger partial charge on any atom is -0.467 e. The van der Waals surface area contributed by atoms with Crippen molar-refractivity contribution in [2.24, 2.45) is 0 Å². The maximum Gasteiger partial charge on any atom is 0.328 e. The highest BCUT2D eigenvalue weighted by molar-refractivity contribution is 5.76. The minimum atomic E-state index is -0.112. The summed E-state index contributed by atoms with van der Waals surface area (Å²) in [6, 6.07) is 0.409. The van der Waals surface area contributed by atoms with Crippen LogP contribution >= 0.6 is 0 Å². The molecule has 15 heavy (non-hydrogen) atoms. The summed E-state index contributed by atoms with van der Waals surface area (Å²) in [6.07, 6.45) is 7.12. The van der Waals surface area contributed by atoms with Crippen LogP contribution in [-0.2, 0) is 9.53 Å². The van der Waals surface area contributed by atoms with E-state index in [0.29, 0.717) is 6.04 Å². The van der Waals surface area contributed by atoms with E-state index < -0.39 is 0 Å². The number of carbonyl (C=O) groups is 1. The minimum absolute atomic E-state index is 0.0851. The van der Waals surface area contributed by atoms with Crippen molar-refractivity contribution in [3.63, 3.8) is 0 Å². The highest BCUT2D eigenvalue weighted by Gasteiger charge is 2.32. The molecule has 1 atom stereocenters. The van der Waals surface area contributed by atoms with Crippen LogP contribution in [0.15, 0.2) is 12.3 Å². The molecular formula is C11H18N2O2. The molecule has 0 spiro atoms. The van der Waals surface area contributed by atoms with Gasteiger partial charge in [0.25, 0.3) is 0 Å². The van der Waals surface area contributed by atoms with Crippen molar-refractivity contribution in [2.75, 3.05) is 20.2 Å². The number of hydrogen-bond donors (Lipinski definition) is 1. The standard InChI is InChI=1S/C11H18N2O2/c1-15-11(14)10-3-2-8-13(10)9-4-6-12-7-5-9/h2,8-10,12H,3-7H2,1H3. The van der Waals surface area contributed by atoms with Crippen molar-refractivity contribution < 1.29 is 9.53 Å². The van der Waals surface area contributed by atoms with Gasteiger partial charge in [-0.1, -0.05) is 6.08 Å². The Hall–Kier alpha value is -1.03. The number of rotatable bonds is 2. The summed E-state index contributed by atoms with van der Waals surface area (Å²) in [4.78, 5) is 13.7. The number of nitrogens with one attached hydrogen (secondary N) is 1. The van der Waals surface area contributed by atoms with Gasteiger partial charge in [0.05, 0.1) is 7.11 Å². The number of nitrogens with zero attached hydrogens (tertiary/aromatic N) is 1. The third-order valence-corrected chi connectivity index (χ3v) is 3.20. The summed E-state index contributed by atoms with van der Waals surface area (Å²) < 4.78 is 4.82. The van der Waals surface area contributed by atoms with Crippen molar-refractivity contribution in [3.05, 3.63) is 12.3 Å². The van der Waals surface area contributed by atoms with Crippen LogP contribution in [0.2, 0.25) is 0 Å². The molecule has 2 aliphatic rings. The third kappa shape index (κ3) is 2.15. The van der Waals surface area contributed by atoms with E-state index in [4.69, 9.17) is 4.74 Å². The number of hydrogen-bond acceptors (Lipinski definition) is 4. The van der Waals surface area contributed by atoms with E-state index in [1.54, 1.807) is 0 Å². The maximum atomic E-state index is 11.5. The molecule has 0 saturated carbocycles. The normalized spacial score (nSPS) is 27.0. The van der Waals surface area contributed by atoms with Gasteiger partial charge in [-0.05, 0) is 38.6 Å². The zero-order valence-corrected chi connectivity index (χ0v) is 9.11. The summed E-state index contributed by atoms with van der Waals surface area (Å²) >= 11 is 0. The number of ether oxygens (including phenoxy) is 1. The van der Waals surface area contributed by atoms with E-state index in [1.807, 2.05) is 0 Å². The Morgan fingerprint density at radius 3 is 2.87 bits per heavy atom. The average molecular weight is 210 g/mol. The summed E-state index contributed by atoms with van der Waals surface area (Å²) in [5.41, 5.74) is 0. The van der Waals surface area contributed by atoms with Crippen LogP contribution in [0.5, 0.6) is 0 Å². The van der Waals surface area contributed by atoms with Crippen LogP contribution in [0.25, 0.3) is 0 Å². The van der Waals surface area contributed by atoms with Gasteiger partial charge in [0.2, 0.25) is 0 Å². The molecule has 1 unspecified atom stereocenters. The highest BCUT2D eigenvalue weighted by Crippen LogP contribution is 2.23. The van der Waals surface area contributed by atoms with Crippen molar-refractivity contribution >= 4 is 5.97 Å².